The minimum absolute atomic E-state index is 0.0686. The number of nitro benzene ring substituents is 1. The molecule has 1 aromatic heterocycles. The Kier molecular flexibility index (Phi) is 4.08. The van der Waals surface area contributed by atoms with Crippen LogP contribution in [0, 0.1) is 24.0 Å². The van der Waals surface area contributed by atoms with Gasteiger partial charge in [-0.2, -0.15) is 0 Å². The zero-order valence-electron chi connectivity index (χ0n) is 12.2. The van der Waals surface area contributed by atoms with Crippen molar-refractivity contribution in [1.82, 2.24) is 4.98 Å². The molecule has 0 atom stereocenters. The van der Waals surface area contributed by atoms with E-state index in [2.05, 4.69) is 4.98 Å². The summed E-state index contributed by atoms with van der Waals surface area (Å²) in [5.41, 5.74) is -1.18. The third-order valence-corrected chi connectivity index (χ3v) is 3.36. The predicted molar refractivity (Wildman–Crippen MR) is 79.7 cm³/mol. The maximum Gasteiger partial charge on any atom is 0.338 e. The van der Waals surface area contributed by atoms with E-state index in [0.717, 1.165) is 0 Å². The molecule has 8 nitrogen and oxygen atoms in total. The van der Waals surface area contributed by atoms with Gasteiger partial charge in [-0.3, -0.25) is 15.1 Å². The number of aromatic nitrogens is 1. The molecule has 2 rings (SSSR count). The molecule has 2 N–H and O–H groups in total. The number of benzene rings is 1. The summed E-state index contributed by atoms with van der Waals surface area (Å²) in [4.78, 5) is 37.6. The number of rotatable bonds is 4. The number of hydrogen-bond acceptors (Lipinski definition) is 5. The second-order valence-electron chi connectivity index (χ2n) is 4.79. The lowest BCUT2D eigenvalue weighted by Crippen LogP contribution is -2.14. The Morgan fingerprint density at radius 3 is 1.96 bits per heavy atom. The van der Waals surface area contributed by atoms with Crippen molar-refractivity contribution in [3.63, 3.8) is 0 Å². The normalized spacial score (nSPS) is 10.3. The Morgan fingerprint density at radius 2 is 1.52 bits per heavy atom. The number of nitro groups is 1. The van der Waals surface area contributed by atoms with E-state index in [1.165, 1.54) is 38.1 Å². The first-order chi connectivity index (χ1) is 10.8. The Balaban J connectivity index is 3.04. The average Bonchev–Trinajstić information content (AvgIpc) is 2.45. The molecule has 0 aliphatic heterocycles. The highest BCUT2D eigenvalue weighted by Crippen LogP contribution is 2.36. The number of hydrogen-bond donors (Lipinski definition) is 2. The molecule has 8 heteroatoms. The van der Waals surface area contributed by atoms with Crippen LogP contribution >= 0.6 is 0 Å². The van der Waals surface area contributed by atoms with E-state index in [9.17, 15) is 29.9 Å². The summed E-state index contributed by atoms with van der Waals surface area (Å²) in [5.74, 6) is -2.80. The van der Waals surface area contributed by atoms with Gasteiger partial charge in [-0.15, -0.1) is 0 Å². The molecule has 0 fully saturated rings. The molecule has 0 spiro atoms. The van der Waals surface area contributed by atoms with Crippen LogP contribution in [0.25, 0.3) is 11.1 Å². The highest BCUT2D eigenvalue weighted by Gasteiger charge is 2.29. The number of aromatic carboxylic acids is 2. The van der Waals surface area contributed by atoms with E-state index >= 15 is 0 Å². The first-order valence-electron chi connectivity index (χ1n) is 6.47. The summed E-state index contributed by atoms with van der Waals surface area (Å²) in [6, 6.07) is 5.41. The molecule has 0 unspecified atom stereocenters. The molecule has 0 aliphatic carbocycles. The molecule has 0 saturated carbocycles. The summed E-state index contributed by atoms with van der Waals surface area (Å²) in [5, 5.41) is 30.1. The number of carbonyl (C=O) groups is 2. The summed E-state index contributed by atoms with van der Waals surface area (Å²) in [7, 11) is 0. The van der Waals surface area contributed by atoms with Crippen LogP contribution in [0.4, 0.5) is 5.69 Å². The van der Waals surface area contributed by atoms with Crippen molar-refractivity contribution in [1.29, 1.82) is 0 Å². The largest absolute Gasteiger partial charge is 0.478 e. The van der Waals surface area contributed by atoms with Gasteiger partial charge in [0.15, 0.2) is 0 Å². The van der Waals surface area contributed by atoms with Gasteiger partial charge in [0.05, 0.1) is 33.0 Å². The van der Waals surface area contributed by atoms with Crippen LogP contribution in [0.1, 0.15) is 32.1 Å². The lowest BCUT2D eigenvalue weighted by molar-refractivity contribution is -0.384. The third-order valence-electron chi connectivity index (χ3n) is 3.36. The summed E-state index contributed by atoms with van der Waals surface area (Å²) in [6.45, 7) is 2.83. The van der Waals surface area contributed by atoms with Gasteiger partial charge in [0, 0.05) is 11.6 Å². The topological polar surface area (TPSA) is 131 Å². The fourth-order valence-corrected chi connectivity index (χ4v) is 2.49. The van der Waals surface area contributed by atoms with Crippen molar-refractivity contribution in [3.05, 3.63) is 56.9 Å². The molecule has 1 heterocycles. The van der Waals surface area contributed by atoms with Crippen LogP contribution < -0.4 is 0 Å². The van der Waals surface area contributed by atoms with Gasteiger partial charge in [-0.1, -0.05) is 12.1 Å². The second-order valence-corrected chi connectivity index (χ2v) is 4.79. The Labute approximate surface area is 130 Å². The summed E-state index contributed by atoms with van der Waals surface area (Å²) < 4.78 is 0. The zero-order valence-corrected chi connectivity index (χ0v) is 12.2. The van der Waals surface area contributed by atoms with Crippen LogP contribution in [-0.2, 0) is 0 Å². The molecule has 0 aliphatic rings. The van der Waals surface area contributed by atoms with Gasteiger partial charge < -0.3 is 10.2 Å². The summed E-state index contributed by atoms with van der Waals surface area (Å²) >= 11 is 0. The van der Waals surface area contributed by atoms with Crippen LogP contribution in [0.3, 0.4) is 0 Å². The lowest BCUT2D eigenvalue weighted by Gasteiger charge is -2.14. The molecule has 0 radical (unpaired) electrons. The first kappa shape index (κ1) is 16.1. The minimum Gasteiger partial charge on any atom is -0.478 e. The standard InChI is InChI=1S/C15H12N2O6/c1-7-11(14(18)19)13(12(15(20)21)8(2)16-7)9-5-3-4-6-10(9)17(22)23/h3-6H,1-2H3,(H,18,19)(H,20,21). The number of nitrogens with zero attached hydrogens (tertiary/aromatic N) is 2. The quantitative estimate of drug-likeness (QED) is 0.654. The highest BCUT2D eigenvalue weighted by atomic mass is 16.6. The minimum atomic E-state index is -1.40. The predicted octanol–water partition coefficient (Wildman–Crippen LogP) is 2.67. The van der Waals surface area contributed by atoms with Crippen LogP contribution in [0.2, 0.25) is 0 Å². The van der Waals surface area contributed by atoms with Crippen molar-refractivity contribution < 1.29 is 24.7 Å². The van der Waals surface area contributed by atoms with E-state index in [1.54, 1.807) is 0 Å². The van der Waals surface area contributed by atoms with E-state index < -0.39 is 16.9 Å². The van der Waals surface area contributed by atoms with Crippen molar-refractivity contribution in [2.75, 3.05) is 0 Å². The van der Waals surface area contributed by atoms with Gasteiger partial charge >= 0.3 is 11.9 Å². The van der Waals surface area contributed by atoms with E-state index in [-0.39, 0.29) is 39.3 Å². The monoisotopic (exact) mass is 316 g/mol. The van der Waals surface area contributed by atoms with Crippen LogP contribution in [-0.4, -0.2) is 32.1 Å². The second kappa shape index (κ2) is 5.84. The number of para-hydroxylation sites is 1. The first-order valence-corrected chi connectivity index (χ1v) is 6.47. The van der Waals surface area contributed by atoms with Crippen molar-refractivity contribution >= 4 is 17.6 Å². The van der Waals surface area contributed by atoms with Gasteiger partial charge in [0.2, 0.25) is 0 Å². The smallest absolute Gasteiger partial charge is 0.338 e. The van der Waals surface area contributed by atoms with Crippen LogP contribution in [0.15, 0.2) is 24.3 Å². The molecule has 23 heavy (non-hydrogen) atoms. The fourth-order valence-electron chi connectivity index (χ4n) is 2.49. The van der Waals surface area contributed by atoms with E-state index in [0.29, 0.717) is 0 Å². The Bertz CT molecular complexity index is 806. The molecule has 0 saturated heterocycles. The maximum absolute atomic E-state index is 11.6. The lowest BCUT2D eigenvalue weighted by atomic mass is 9.91. The average molecular weight is 316 g/mol. The van der Waals surface area contributed by atoms with Gasteiger partial charge in [-0.25, -0.2) is 9.59 Å². The zero-order chi connectivity index (χ0) is 17.3. The molecule has 0 bridgehead atoms. The van der Waals surface area contributed by atoms with Crippen molar-refractivity contribution in [3.8, 4) is 11.1 Å². The number of carboxylic acids is 2. The maximum atomic E-state index is 11.6. The van der Waals surface area contributed by atoms with Gasteiger partial charge in [-0.05, 0) is 19.9 Å². The summed E-state index contributed by atoms with van der Waals surface area (Å²) in [6.07, 6.45) is 0. The van der Waals surface area contributed by atoms with Gasteiger partial charge in [0.25, 0.3) is 5.69 Å². The third kappa shape index (κ3) is 2.73. The molecular weight excluding hydrogens is 304 g/mol. The van der Waals surface area contributed by atoms with E-state index in [4.69, 9.17) is 0 Å². The van der Waals surface area contributed by atoms with Crippen molar-refractivity contribution in [2.45, 2.75) is 13.8 Å². The number of pyridine rings is 1. The Morgan fingerprint density at radius 1 is 1.04 bits per heavy atom. The van der Waals surface area contributed by atoms with Gasteiger partial charge in [0.1, 0.15) is 0 Å². The Hall–Kier alpha value is -3.29. The van der Waals surface area contributed by atoms with E-state index in [1.807, 2.05) is 0 Å². The molecule has 118 valence electrons. The molecule has 2 aromatic rings. The number of aryl methyl sites for hydroxylation is 2. The fraction of sp³-hybridized carbons (Fsp3) is 0.133. The molecule has 0 amide bonds. The molecular formula is C15H12N2O6. The highest BCUT2D eigenvalue weighted by molar-refractivity contribution is 6.07. The van der Waals surface area contributed by atoms with Crippen molar-refractivity contribution in [2.24, 2.45) is 0 Å². The van der Waals surface area contributed by atoms with Crippen LogP contribution in [0.5, 0.6) is 0 Å². The number of carboxylic acid groups (broad SMARTS) is 2. The molecule has 1 aromatic carbocycles. The SMILES string of the molecule is Cc1nc(C)c(C(=O)O)c(-c2ccccc2[N+](=O)[O-])c1C(=O)O.